The molecule has 0 saturated carbocycles. The highest BCUT2D eigenvalue weighted by atomic mass is 16.1. The summed E-state index contributed by atoms with van der Waals surface area (Å²) in [5, 5.41) is 0. The van der Waals surface area contributed by atoms with Crippen LogP contribution in [-0.2, 0) is 58.9 Å². The Labute approximate surface area is 739 Å². The lowest BCUT2D eigenvalue weighted by molar-refractivity contribution is -0.755. The van der Waals surface area contributed by atoms with Crippen LogP contribution in [0.4, 0.5) is 0 Å². The molecular formula is C99H115N27O+4. The van der Waals surface area contributed by atoms with Gasteiger partial charge in [-0.1, -0.05) is 7.43 Å². The van der Waals surface area contributed by atoms with Crippen molar-refractivity contribution in [3.05, 3.63) is 247 Å². The summed E-state index contributed by atoms with van der Waals surface area (Å²) >= 11 is 0. The van der Waals surface area contributed by atoms with E-state index in [0.717, 1.165) is 260 Å². The number of imidazole rings is 7. The average Bonchev–Trinajstić information content (AvgIpc) is 1.59. The molecule has 20 heterocycles. The molecule has 0 radical (unpaired) electrons. The van der Waals surface area contributed by atoms with E-state index in [-0.39, 0.29) is 13.6 Å². The number of hydrogen-bond acceptors (Lipinski definition) is 12. The van der Waals surface area contributed by atoms with E-state index in [1.165, 1.54) is 10.7 Å². The number of fused-ring (bicyclic) bond motifs is 16. The molecule has 14 aromatic heterocycles. The van der Waals surface area contributed by atoms with Gasteiger partial charge < -0.3 is 57.6 Å². The molecule has 0 aromatic carbocycles. The summed E-state index contributed by atoms with van der Waals surface area (Å²) in [6, 6.07) is 21.3. The highest BCUT2D eigenvalue weighted by molar-refractivity contribution is 6.04. The number of amidine groups is 1. The van der Waals surface area contributed by atoms with Crippen LogP contribution in [-0.4, -0.2) is 154 Å². The first kappa shape index (κ1) is 85.9. The van der Waals surface area contributed by atoms with Crippen molar-refractivity contribution in [2.75, 3.05) is 26.2 Å². The van der Waals surface area contributed by atoms with Gasteiger partial charge in [-0.15, -0.1) is 4.58 Å². The number of H-pyrrole nitrogens is 5. The van der Waals surface area contributed by atoms with Crippen molar-refractivity contribution in [1.82, 2.24) is 112 Å². The zero-order chi connectivity index (χ0) is 87.2. The smallest absolute Gasteiger partial charge is 0.368 e. The third-order valence-electron chi connectivity index (χ3n) is 24.2. The van der Waals surface area contributed by atoms with Crippen LogP contribution in [0.1, 0.15) is 171 Å². The molecular weight excluding hydrogens is 1580 g/mol. The molecule has 14 aromatic rings. The number of hydrogen-bond donors (Lipinski definition) is 6. The molecule has 0 aliphatic carbocycles. The summed E-state index contributed by atoms with van der Waals surface area (Å²) in [6.07, 6.45) is 58.2. The van der Waals surface area contributed by atoms with Gasteiger partial charge in [0.05, 0.1) is 152 Å². The molecule has 6 N–H and O–H groups in total. The topological polar surface area (TPSA) is 268 Å². The fraction of sp³-hybridized carbons (Fsp3) is 0.283. The normalized spacial score (nSPS) is 13.7. The summed E-state index contributed by atoms with van der Waals surface area (Å²) in [5.41, 5.74) is 23.7. The van der Waals surface area contributed by atoms with E-state index < -0.39 is 0 Å². The minimum Gasteiger partial charge on any atom is -0.368 e. The van der Waals surface area contributed by atoms with Gasteiger partial charge in [-0.2, -0.15) is 0 Å². The largest absolute Gasteiger partial charge is 0.383 e. The molecule has 0 amide bonds. The molecule has 0 fully saturated rings. The fourth-order valence-corrected chi connectivity index (χ4v) is 17.9. The van der Waals surface area contributed by atoms with E-state index >= 15 is 0 Å². The number of nitrogens with zero attached hydrogens (tertiary/aromatic N) is 21. The molecule has 127 heavy (non-hydrogen) atoms. The van der Waals surface area contributed by atoms with Crippen LogP contribution in [0, 0.1) is 0 Å². The number of carbonyl (C=O) groups excluding carboxylic acids is 1. The Morgan fingerprint density at radius 1 is 0.402 bits per heavy atom. The standard InChI is InChI=1S/C48H58N12.C40H38N12.C6H8N2O.C4H5N.CH4/c1-9-53-25-26-54(10-2)45(53)41-33-17-19-35(49-33)42(46-55(11-3)27-28-56(46)12-4)37-21-23-39(51-37)44(48-59(15-7)31-32-60(48)16-8)40-24-22-38(52-40)43(36-20-18-34(41)50-36)47-57(13-5)29-30-58(47)14-6;1-5-49-20-17-42-38(49)35-27-11-9-25(45-27)34(33-23-41-24-52(33)8-4)26-10-12-28(46-26)36(39-43-18-21-50(39)6-2)30-14-16-32(48-30)37(31-15-13-29(35)47-31)40-44-19-22-51(40)7-3;1-2-8-4-3-7-6(8)5-9;1-2-4-5-3-1;/h17-32,45H,9-16H2,1-8H3,(H,49,50,51,52);9-24,45,48H,5-8H2,1-4H3;3-5H,2H2,1H3;1-5H;1H4/q+2;;;;/p+2. The van der Waals surface area contributed by atoms with E-state index in [9.17, 15) is 4.79 Å². The molecule has 1 atom stereocenters. The number of rotatable bonds is 22. The first-order valence-electron chi connectivity index (χ1n) is 44.3. The molecule has 648 valence electrons. The van der Waals surface area contributed by atoms with Crippen LogP contribution < -0.4 is 14.0 Å². The minimum atomic E-state index is -0.0382. The van der Waals surface area contributed by atoms with Crippen LogP contribution in [0.5, 0.6) is 0 Å². The monoisotopic (exact) mass is 1700 g/mol. The van der Waals surface area contributed by atoms with Gasteiger partial charge in [0.15, 0.2) is 30.4 Å². The van der Waals surface area contributed by atoms with Crippen LogP contribution in [0.3, 0.4) is 0 Å². The zero-order valence-electron chi connectivity index (χ0n) is 74.1. The van der Waals surface area contributed by atoms with Crippen LogP contribution in [0.25, 0.3) is 161 Å². The Morgan fingerprint density at radius 2 is 0.780 bits per heavy atom. The van der Waals surface area contributed by atoms with Gasteiger partial charge in [-0.3, -0.25) is 4.79 Å². The van der Waals surface area contributed by atoms with Crippen molar-refractivity contribution in [3.63, 3.8) is 0 Å². The van der Waals surface area contributed by atoms with Gasteiger partial charge in [0.25, 0.3) is 11.6 Å². The van der Waals surface area contributed by atoms with Crippen molar-refractivity contribution in [2.45, 2.75) is 163 Å². The molecule has 20 rings (SSSR count). The predicted octanol–water partition coefficient (Wildman–Crippen LogP) is 17.1. The van der Waals surface area contributed by atoms with Gasteiger partial charge in [-0.25, -0.2) is 68.0 Å². The molecule has 6 aliphatic heterocycles. The summed E-state index contributed by atoms with van der Waals surface area (Å²) < 4.78 is 22.1. The van der Waals surface area contributed by atoms with E-state index in [4.69, 9.17) is 34.9 Å². The quantitative estimate of drug-likeness (QED) is 0.0273. The summed E-state index contributed by atoms with van der Waals surface area (Å²) in [7, 11) is 0. The number of nitrogens with one attached hydrogen (secondary N) is 6. The Balaban J connectivity index is 0.000000161. The number of aryl methyl sites for hydroxylation is 9. The second kappa shape index (κ2) is 37.8. The number of carbonyl (C=O) groups is 1. The molecule has 1 unspecified atom stereocenters. The van der Waals surface area contributed by atoms with Crippen LogP contribution >= 0.6 is 0 Å². The van der Waals surface area contributed by atoms with E-state index in [0.29, 0.717) is 5.82 Å². The van der Waals surface area contributed by atoms with Gasteiger partial charge in [0.2, 0.25) is 6.20 Å². The Hall–Kier alpha value is -14.7. The van der Waals surface area contributed by atoms with Crippen molar-refractivity contribution in [2.24, 2.45) is 0 Å². The third kappa shape index (κ3) is 16.0. The van der Waals surface area contributed by atoms with Gasteiger partial charge >= 0.3 is 5.84 Å². The third-order valence-corrected chi connectivity index (χ3v) is 24.2. The number of quaternary nitrogens is 1. The first-order valence-corrected chi connectivity index (χ1v) is 44.3. The SMILES string of the molecule is C.CCN1C=CN(CC)C1c1c2nc(c(C3=[N+](CC)C=C[NH+]3CC)c3ccc([nH]3)c(-c3n(CC)cc[n+]3CC)c3nc(c(-c4n(CC)cc[n+]4CC)c4ccc1[nH]4)C=C3)C=C2.CCn1ccnc1C=O.CCn1cncc1-c1c2nc(c(-c3nccn3CC)c3ccc([nH]3)c(-c3nccn3CC)c3nc(c(-c4nccn4CC)c4ccc1[nH]4)C=C3)C=C2.c1cc[nH]c1. The zero-order valence-corrected chi connectivity index (χ0v) is 74.1. The second-order valence-electron chi connectivity index (χ2n) is 30.8. The summed E-state index contributed by atoms with van der Waals surface area (Å²) in [4.78, 5) is 79.7. The van der Waals surface area contributed by atoms with Gasteiger partial charge in [-0.05, 0) is 199 Å². The molecule has 0 saturated heterocycles. The fourth-order valence-electron chi connectivity index (χ4n) is 17.9. The van der Waals surface area contributed by atoms with E-state index in [1.54, 1.807) is 17.0 Å². The second-order valence-corrected chi connectivity index (χ2v) is 30.8. The van der Waals surface area contributed by atoms with Crippen LogP contribution in [0.2, 0.25) is 0 Å². The maximum atomic E-state index is 10.2. The molecule has 28 nitrogen and oxygen atoms in total. The van der Waals surface area contributed by atoms with Gasteiger partial charge in [0.1, 0.15) is 59.6 Å². The Bertz CT molecular complexity index is 6530. The molecule has 6 aliphatic rings. The van der Waals surface area contributed by atoms with Crippen molar-refractivity contribution < 1.29 is 23.4 Å². The Kier molecular flexibility index (Phi) is 25.6. The molecule has 28 heteroatoms. The Morgan fingerprint density at radius 3 is 1.18 bits per heavy atom. The number of aldehydes is 1. The lowest BCUT2D eigenvalue weighted by Gasteiger charge is -2.32. The lowest BCUT2D eigenvalue weighted by atomic mass is 10.1. The maximum Gasteiger partial charge on any atom is 0.383 e. The number of aromatic nitrogens is 23. The highest BCUT2D eigenvalue weighted by Crippen LogP contribution is 2.42. The van der Waals surface area contributed by atoms with Crippen molar-refractivity contribution in [3.8, 4) is 68.2 Å². The maximum absolute atomic E-state index is 10.2. The molecule has 0 spiro atoms. The number of aromatic amines is 5. The van der Waals surface area contributed by atoms with Crippen molar-refractivity contribution in [1.29, 1.82) is 0 Å². The lowest BCUT2D eigenvalue weighted by Crippen LogP contribution is -3.09. The van der Waals surface area contributed by atoms with Crippen molar-refractivity contribution >= 4 is 105 Å². The first-order chi connectivity index (χ1) is 61.9. The molecule has 16 bridgehead atoms. The summed E-state index contributed by atoms with van der Waals surface area (Å²) in [5.74, 6) is 6.44. The van der Waals surface area contributed by atoms with E-state index in [1.807, 2.05) is 81.2 Å². The van der Waals surface area contributed by atoms with Gasteiger partial charge in [0, 0.05) is 137 Å². The van der Waals surface area contributed by atoms with E-state index in [2.05, 4.69) is 316 Å². The van der Waals surface area contributed by atoms with Crippen LogP contribution in [0.15, 0.2) is 185 Å². The minimum absolute atomic E-state index is 0. The average molecular weight is 1700 g/mol. The predicted molar refractivity (Wildman–Crippen MR) is 508 cm³/mol. The highest BCUT2D eigenvalue weighted by Gasteiger charge is 2.38. The summed E-state index contributed by atoms with van der Waals surface area (Å²) in [6.45, 7) is 38.9.